The number of carbonyl (C=O) groups is 1. The van der Waals surface area contributed by atoms with Gasteiger partial charge in [0.2, 0.25) is 0 Å². The number of methoxy groups -OCH3 is 1. The molecule has 1 heterocycles. The lowest BCUT2D eigenvalue weighted by molar-refractivity contribution is -0.117. The fraction of sp³-hybridized carbons (Fsp3) is 0.333. The van der Waals surface area contributed by atoms with Gasteiger partial charge in [0.25, 0.3) is 5.91 Å². The lowest BCUT2D eigenvalue weighted by Gasteiger charge is -2.09. The summed E-state index contributed by atoms with van der Waals surface area (Å²) in [7, 11) is 1.59. The zero-order chi connectivity index (χ0) is 19.6. The van der Waals surface area contributed by atoms with Crippen LogP contribution in [0.2, 0.25) is 0 Å². The Bertz CT molecular complexity index is 1040. The Morgan fingerprint density at radius 1 is 1.22 bits per heavy atom. The van der Waals surface area contributed by atoms with Crippen LogP contribution in [0.4, 0.5) is 4.39 Å². The third-order valence-corrected chi connectivity index (χ3v) is 5.60. The van der Waals surface area contributed by atoms with E-state index in [9.17, 15) is 9.18 Å². The first kappa shape index (κ1) is 19.5. The van der Waals surface area contributed by atoms with E-state index in [1.807, 2.05) is 26.8 Å². The van der Waals surface area contributed by atoms with Gasteiger partial charge in [0, 0.05) is 13.7 Å². The van der Waals surface area contributed by atoms with Gasteiger partial charge < -0.3 is 9.30 Å². The van der Waals surface area contributed by atoms with Gasteiger partial charge >= 0.3 is 0 Å². The first-order valence-electron chi connectivity index (χ1n) is 8.81. The monoisotopic (exact) mass is 386 g/mol. The second-order valence-electron chi connectivity index (χ2n) is 6.68. The smallest absolute Gasteiger partial charge is 0.252 e. The zero-order valence-corrected chi connectivity index (χ0v) is 16.8. The second kappa shape index (κ2) is 8.15. The quantitative estimate of drug-likeness (QED) is 0.663. The number of hydrogen-bond donors (Lipinski definition) is 0. The average Bonchev–Trinajstić information content (AvgIpc) is 2.94. The van der Waals surface area contributed by atoms with E-state index in [1.165, 1.54) is 23.0 Å². The Kier molecular flexibility index (Phi) is 5.87. The van der Waals surface area contributed by atoms with Crippen molar-refractivity contribution in [2.24, 2.45) is 4.99 Å². The minimum Gasteiger partial charge on any atom is -0.383 e. The summed E-state index contributed by atoms with van der Waals surface area (Å²) in [5.41, 5.74) is 4.82. The van der Waals surface area contributed by atoms with Gasteiger partial charge in [0.1, 0.15) is 5.82 Å². The average molecular weight is 386 g/mol. The summed E-state index contributed by atoms with van der Waals surface area (Å²) in [5.74, 6) is -0.554. The standard InChI is InChI=1S/C21H23FN2O2S/c1-13-10-14(2)16(15(3)11-13)12-19(25)23-21-24(8-9-26-4)20-17(22)6-5-7-18(20)27-21/h5-7,10-11H,8-9,12H2,1-4H3. The minimum absolute atomic E-state index is 0.233. The summed E-state index contributed by atoms with van der Waals surface area (Å²) in [5, 5.41) is 0. The van der Waals surface area contributed by atoms with Crippen molar-refractivity contribution < 1.29 is 13.9 Å². The van der Waals surface area contributed by atoms with Crippen molar-refractivity contribution in [3.63, 3.8) is 0 Å². The molecule has 0 aliphatic heterocycles. The second-order valence-corrected chi connectivity index (χ2v) is 7.68. The fourth-order valence-corrected chi connectivity index (χ4v) is 4.44. The van der Waals surface area contributed by atoms with Crippen molar-refractivity contribution >= 4 is 27.5 Å². The van der Waals surface area contributed by atoms with E-state index in [1.54, 1.807) is 17.7 Å². The van der Waals surface area contributed by atoms with Crippen molar-refractivity contribution in [1.29, 1.82) is 0 Å². The molecule has 0 unspecified atom stereocenters. The number of amides is 1. The molecule has 0 aliphatic rings. The SMILES string of the molecule is COCCn1c(=NC(=O)Cc2c(C)cc(C)cc2C)sc2cccc(F)c21. The fourth-order valence-electron chi connectivity index (χ4n) is 3.35. The highest BCUT2D eigenvalue weighted by Gasteiger charge is 2.13. The number of nitrogens with zero attached hydrogens (tertiary/aromatic N) is 2. The number of fused-ring (bicyclic) bond motifs is 1. The molecule has 0 bridgehead atoms. The summed E-state index contributed by atoms with van der Waals surface area (Å²) in [4.78, 5) is 17.5. The molecule has 0 N–H and O–H groups in total. The van der Waals surface area contributed by atoms with Crippen LogP contribution in [-0.2, 0) is 22.5 Å². The molecule has 0 saturated carbocycles. The number of hydrogen-bond acceptors (Lipinski definition) is 3. The van der Waals surface area contributed by atoms with Crippen LogP contribution in [0, 0.1) is 26.6 Å². The third-order valence-electron chi connectivity index (χ3n) is 4.56. The van der Waals surface area contributed by atoms with Crippen molar-refractivity contribution in [3.05, 3.63) is 63.2 Å². The number of carbonyl (C=O) groups excluding carboxylic acids is 1. The van der Waals surface area contributed by atoms with Gasteiger partial charge in [0.05, 0.1) is 23.2 Å². The summed E-state index contributed by atoms with van der Waals surface area (Å²) < 4.78 is 22.0. The van der Waals surface area contributed by atoms with Crippen molar-refractivity contribution in [1.82, 2.24) is 4.57 Å². The Morgan fingerprint density at radius 3 is 2.59 bits per heavy atom. The molecule has 6 heteroatoms. The van der Waals surface area contributed by atoms with Gasteiger partial charge in [-0.2, -0.15) is 4.99 Å². The van der Waals surface area contributed by atoms with Crippen molar-refractivity contribution in [2.45, 2.75) is 33.7 Å². The molecule has 0 radical (unpaired) electrons. The molecule has 0 atom stereocenters. The van der Waals surface area contributed by atoms with Gasteiger partial charge in [0.15, 0.2) is 4.80 Å². The van der Waals surface area contributed by atoms with Crippen LogP contribution in [0.25, 0.3) is 10.2 Å². The van der Waals surface area contributed by atoms with Crippen LogP contribution in [0.15, 0.2) is 35.3 Å². The van der Waals surface area contributed by atoms with Gasteiger partial charge in [-0.05, 0) is 49.6 Å². The number of rotatable bonds is 5. The Morgan fingerprint density at radius 2 is 1.93 bits per heavy atom. The van der Waals surface area contributed by atoms with E-state index < -0.39 is 0 Å². The molecule has 1 aromatic heterocycles. The van der Waals surface area contributed by atoms with Gasteiger partial charge in [-0.15, -0.1) is 0 Å². The summed E-state index contributed by atoms with van der Waals surface area (Å²) >= 11 is 1.32. The molecule has 27 heavy (non-hydrogen) atoms. The van der Waals surface area contributed by atoms with Crippen LogP contribution in [0.3, 0.4) is 0 Å². The lowest BCUT2D eigenvalue weighted by Crippen LogP contribution is -2.20. The predicted octanol–water partition coefficient (Wildman–Crippen LogP) is 4.08. The molecule has 2 aromatic carbocycles. The molecule has 0 fully saturated rings. The van der Waals surface area contributed by atoms with E-state index in [-0.39, 0.29) is 18.1 Å². The van der Waals surface area contributed by atoms with E-state index in [0.29, 0.717) is 23.5 Å². The molecule has 1 amide bonds. The van der Waals surface area contributed by atoms with Crippen LogP contribution in [0.1, 0.15) is 22.3 Å². The first-order chi connectivity index (χ1) is 12.9. The lowest BCUT2D eigenvalue weighted by atomic mass is 9.97. The normalized spacial score (nSPS) is 12.1. The maximum absolute atomic E-state index is 14.3. The van der Waals surface area contributed by atoms with Crippen LogP contribution in [-0.4, -0.2) is 24.2 Å². The molecule has 3 rings (SSSR count). The third kappa shape index (κ3) is 4.17. The number of halogens is 1. The number of benzene rings is 2. The van der Waals surface area contributed by atoms with Gasteiger partial charge in [-0.25, -0.2) is 4.39 Å². The molecule has 142 valence electrons. The van der Waals surface area contributed by atoms with E-state index in [4.69, 9.17) is 4.74 Å². The Labute approximate surface area is 161 Å². The summed E-state index contributed by atoms with van der Waals surface area (Å²) in [6.07, 6.45) is 0.235. The predicted molar refractivity (Wildman–Crippen MR) is 107 cm³/mol. The molecule has 0 saturated heterocycles. The number of thiazole rings is 1. The number of aromatic nitrogens is 1. The highest BCUT2D eigenvalue weighted by molar-refractivity contribution is 7.16. The maximum Gasteiger partial charge on any atom is 0.252 e. The highest BCUT2D eigenvalue weighted by atomic mass is 32.1. The molecule has 4 nitrogen and oxygen atoms in total. The van der Waals surface area contributed by atoms with Crippen LogP contribution < -0.4 is 4.80 Å². The van der Waals surface area contributed by atoms with E-state index in [0.717, 1.165) is 21.4 Å². The van der Waals surface area contributed by atoms with Gasteiger partial charge in [-0.3, -0.25) is 4.79 Å². The highest BCUT2D eigenvalue weighted by Crippen LogP contribution is 2.21. The zero-order valence-electron chi connectivity index (χ0n) is 16.0. The maximum atomic E-state index is 14.3. The minimum atomic E-state index is -0.320. The number of aryl methyl sites for hydroxylation is 3. The molecular formula is C21H23FN2O2S. The Hall–Kier alpha value is -2.31. The van der Waals surface area contributed by atoms with E-state index >= 15 is 0 Å². The molecule has 0 aliphatic carbocycles. The molecule has 3 aromatic rings. The topological polar surface area (TPSA) is 43.6 Å². The Balaban J connectivity index is 2.02. The molecular weight excluding hydrogens is 363 g/mol. The van der Waals surface area contributed by atoms with E-state index in [2.05, 4.69) is 17.1 Å². The first-order valence-corrected chi connectivity index (χ1v) is 9.63. The van der Waals surface area contributed by atoms with Gasteiger partial charge in [-0.1, -0.05) is 35.1 Å². The number of para-hydroxylation sites is 1. The van der Waals surface area contributed by atoms with Crippen LogP contribution in [0.5, 0.6) is 0 Å². The van der Waals surface area contributed by atoms with Crippen molar-refractivity contribution in [3.8, 4) is 0 Å². The summed E-state index contributed by atoms with van der Waals surface area (Å²) in [6.45, 7) is 6.91. The number of ether oxygens (including phenoxy) is 1. The summed E-state index contributed by atoms with van der Waals surface area (Å²) in [6, 6.07) is 9.07. The van der Waals surface area contributed by atoms with Crippen LogP contribution >= 0.6 is 11.3 Å². The largest absolute Gasteiger partial charge is 0.383 e. The molecule has 0 spiro atoms. The van der Waals surface area contributed by atoms with Crippen molar-refractivity contribution in [2.75, 3.05) is 13.7 Å².